The average Bonchev–Trinajstić information content (AvgIpc) is 3.19. The maximum absolute atomic E-state index is 13.1. The third-order valence-electron chi connectivity index (χ3n) is 5.62. The largest absolute Gasteiger partial charge is 0.492 e. The molecule has 1 aliphatic rings. The van der Waals surface area contributed by atoms with E-state index < -0.39 is 4.92 Å². The number of benzene rings is 2. The quantitative estimate of drug-likeness (QED) is 0.419. The number of nitrogens with zero attached hydrogens (tertiary/aromatic N) is 1. The predicted molar refractivity (Wildman–Crippen MR) is 122 cm³/mol. The molecular weight excluding hydrogens is 418 g/mol. The van der Waals surface area contributed by atoms with Crippen molar-refractivity contribution in [3.8, 4) is 16.9 Å². The van der Waals surface area contributed by atoms with Gasteiger partial charge in [-0.2, -0.15) is 0 Å². The number of nitrogens with one attached hydrogen (secondary N) is 2. The Balaban J connectivity index is 1.89. The van der Waals surface area contributed by atoms with Crippen LogP contribution in [0.2, 0.25) is 5.02 Å². The summed E-state index contributed by atoms with van der Waals surface area (Å²) in [6, 6.07) is 9.02. The van der Waals surface area contributed by atoms with Crippen LogP contribution in [-0.4, -0.2) is 29.1 Å². The van der Waals surface area contributed by atoms with E-state index >= 15 is 0 Å². The molecule has 0 bridgehead atoms. The molecule has 0 aliphatic carbocycles. The van der Waals surface area contributed by atoms with E-state index in [0.29, 0.717) is 40.4 Å². The Morgan fingerprint density at radius 3 is 2.58 bits per heavy atom. The fourth-order valence-corrected chi connectivity index (χ4v) is 4.49. The predicted octanol–water partition coefficient (Wildman–Crippen LogP) is 4.89. The van der Waals surface area contributed by atoms with E-state index in [1.54, 1.807) is 0 Å². The Labute approximate surface area is 184 Å². The number of aryl methyl sites for hydroxylation is 2. The van der Waals surface area contributed by atoms with Crippen LogP contribution in [0.4, 0.5) is 5.69 Å². The van der Waals surface area contributed by atoms with Gasteiger partial charge >= 0.3 is 0 Å². The van der Waals surface area contributed by atoms with Gasteiger partial charge in [0.25, 0.3) is 11.2 Å². The van der Waals surface area contributed by atoms with Crippen molar-refractivity contribution in [3.05, 3.63) is 66.9 Å². The zero-order chi connectivity index (χ0) is 22.1. The van der Waals surface area contributed by atoms with Crippen molar-refractivity contribution >= 4 is 28.2 Å². The molecule has 8 heteroatoms. The number of H-pyrrole nitrogens is 1. The third-order valence-corrected chi connectivity index (χ3v) is 5.92. The van der Waals surface area contributed by atoms with E-state index in [1.165, 1.54) is 12.1 Å². The lowest BCUT2D eigenvalue weighted by Gasteiger charge is -2.17. The molecule has 1 fully saturated rings. The van der Waals surface area contributed by atoms with Crippen LogP contribution in [0.15, 0.2) is 35.1 Å². The van der Waals surface area contributed by atoms with Gasteiger partial charge in [-0.1, -0.05) is 40.9 Å². The lowest BCUT2D eigenvalue weighted by molar-refractivity contribution is -0.384. The van der Waals surface area contributed by atoms with E-state index in [0.717, 1.165) is 36.9 Å². The number of aromatic amines is 1. The molecule has 0 unspecified atom stereocenters. The van der Waals surface area contributed by atoms with Gasteiger partial charge in [0.05, 0.1) is 22.6 Å². The highest BCUT2D eigenvalue weighted by molar-refractivity contribution is 6.33. The van der Waals surface area contributed by atoms with Gasteiger partial charge in [-0.05, 0) is 51.3 Å². The topological polar surface area (TPSA) is 97.3 Å². The second-order valence-electron chi connectivity index (χ2n) is 8.07. The average molecular weight is 442 g/mol. The fourth-order valence-electron chi connectivity index (χ4n) is 4.25. The lowest BCUT2D eigenvalue weighted by Crippen LogP contribution is -2.24. The Morgan fingerprint density at radius 2 is 1.94 bits per heavy atom. The molecule has 1 saturated heterocycles. The maximum Gasteiger partial charge on any atom is 0.288 e. The number of halogens is 1. The maximum atomic E-state index is 13.1. The number of hydrogen-bond donors (Lipinski definition) is 2. The summed E-state index contributed by atoms with van der Waals surface area (Å²) in [6.07, 6.45) is 3.01. The summed E-state index contributed by atoms with van der Waals surface area (Å²) in [6.45, 7) is 5.31. The smallest absolute Gasteiger partial charge is 0.288 e. The molecule has 0 saturated carbocycles. The van der Waals surface area contributed by atoms with E-state index in [9.17, 15) is 14.9 Å². The van der Waals surface area contributed by atoms with Crippen molar-refractivity contribution < 1.29 is 9.66 Å². The molecular formula is C23H24ClN3O4. The Bertz CT molecular complexity index is 1200. The summed E-state index contributed by atoms with van der Waals surface area (Å²) >= 11 is 6.08. The van der Waals surface area contributed by atoms with Gasteiger partial charge in [0.1, 0.15) is 10.8 Å². The SMILES string of the molecule is Cc1cc(C)cc(-c2c(OCC[C@H]3CCCN3)c3cc([N+](=O)[O-])c(Cl)cc3[nH]c2=O)c1. The second-order valence-corrected chi connectivity index (χ2v) is 8.48. The second kappa shape index (κ2) is 8.69. The lowest BCUT2D eigenvalue weighted by atomic mass is 9.99. The van der Waals surface area contributed by atoms with Crippen LogP contribution >= 0.6 is 11.6 Å². The summed E-state index contributed by atoms with van der Waals surface area (Å²) in [4.78, 5) is 26.9. The molecule has 4 rings (SSSR count). The molecule has 1 aliphatic heterocycles. The van der Waals surface area contributed by atoms with Crippen molar-refractivity contribution in [2.24, 2.45) is 0 Å². The van der Waals surface area contributed by atoms with Crippen LogP contribution in [-0.2, 0) is 0 Å². The van der Waals surface area contributed by atoms with E-state index in [4.69, 9.17) is 16.3 Å². The van der Waals surface area contributed by atoms with Gasteiger partial charge in [-0.25, -0.2) is 0 Å². The highest BCUT2D eigenvalue weighted by Crippen LogP contribution is 2.38. The summed E-state index contributed by atoms with van der Waals surface area (Å²) in [7, 11) is 0. The Hall–Kier alpha value is -2.90. The highest BCUT2D eigenvalue weighted by atomic mass is 35.5. The molecule has 2 aromatic carbocycles. The van der Waals surface area contributed by atoms with Crippen LogP contribution in [0.5, 0.6) is 5.75 Å². The van der Waals surface area contributed by atoms with Gasteiger partial charge < -0.3 is 15.0 Å². The van der Waals surface area contributed by atoms with Crippen LogP contribution in [0.3, 0.4) is 0 Å². The highest BCUT2D eigenvalue weighted by Gasteiger charge is 2.22. The first-order valence-corrected chi connectivity index (χ1v) is 10.7. The monoisotopic (exact) mass is 441 g/mol. The number of fused-ring (bicyclic) bond motifs is 1. The van der Waals surface area contributed by atoms with Crippen molar-refractivity contribution in [1.82, 2.24) is 10.3 Å². The Morgan fingerprint density at radius 1 is 1.19 bits per heavy atom. The third kappa shape index (κ3) is 4.43. The first-order valence-electron chi connectivity index (χ1n) is 10.3. The molecule has 31 heavy (non-hydrogen) atoms. The number of rotatable bonds is 6. The minimum Gasteiger partial charge on any atom is -0.492 e. The number of nitro groups is 1. The van der Waals surface area contributed by atoms with E-state index in [1.807, 2.05) is 32.0 Å². The van der Waals surface area contributed by atoms with Gasteiger partial charge in [0.15, 0.2) is 0 Å². The molecule has 3 aromatic rings. The standard InChI is InChI=1S/C23H24ClN3O4/c1-13-8-14(2)10-15(9-13)21-22(31-7-5-16-4-3-6-25-16)17-11-20(27(29)30)18(24)12-19(17)26-23(21)28/h8-12,16,25H,3-7H2,1-2H3,(H,26,28)/t16-/m1/s1. The molecule has 0 spiro atoms. The Kier molecular flexibility index (Phi) is 5.98. The molecule has 7 nitrogen and oxygen atoms in total. The van der Waals surface area contributed by atoms with Crippen LogP contribution in [0.1, 0.15) is 30.4 Å². The zero-order valence-electron chi connectivity index (χ0n) is 17.5. The van der Waals surface area contributed by atoms with Gasteiger partial charge in [0, 0.05) is 17.5 Å². The van der Waals surface area contributed by atoms with E-state index in [2.05, 4.69) is 10.3 Å². The summed E-state index contributed by atoms with van der Waals surface area (Å²) in [5, 5.41) is 15.3. The van der Waals surface area contributed by atoms with Crippen molar-refractivity contribution in [3.63, 3.8) is 0 Å². The molecule has 0 amide bonds. The minimum absolute atomic E-state index is 0.0339. The van der Waals surface area contributed by atoms with Crippen molar-refractivity contribution in [1.29, 1.82) is 0 Å². The number of ether oxygens (including phenoxy) is 1. The summed E-state index contributed by atoms with van der Waals surface area (Å²) in [5.74, 6) is 0.349. The zero-order valence-corrected chi connectivity index (χ0v) is 18.2. The van der Waals surface area contributed by atoms with E-state index in [-0.39, 0.29) is 16.3 Å². The summed E-state index contributed by atoms with van der Waals surface area (Å²) < 4.78 is 6.18. The first kappa shape index (κ1) is 21.3. The van der Waals surface area contributed by atoms with Gasteiger partial charge in [-0.15, -0.1) is 0 Å². The van der Waals surface area contributed by atoms with Crippen molar-refractivity contribution in [2.75, 3.05) is 13.2 Å². The van der Waals surface area contributed by atoms with Crippen LogP contribution < -0.4 is 15.6 Å². The van der Waals surface area contributed by atoms with Crippen LogP contribution in [0.25, 0.3) is 22.0 Å². The van der Waals surface area contributed by atoms with Gasteiger partial charge in [-0.3, -0.25) is 14.9 Å². The molecule has 1 aromatic heterocycles. The van der Waals surface area contributed by atoms with Crippen LogP contribution in [0, 0.1) is 24.0 Å². The fraction of sp³-hybridized carbons (Fsp3) is 0.348. The number of pyridine rings is 1. The number of hydrogen-bond acceptors (Lipinski definition) is 5. The minimum atomic E-state index is -0.532. The summed E-state index contributed by atoms with van der Waals surface area (Å²) in [5.41, 5.74) is 2.96. The van der Waals surface area contributed by atoms with Crippen molar-refractivity contribution in [2.45, 2.75) is 39.2 Å². The number of nitro benzene ring substituents is 1. The molecule has 162 valence electrons. The molecule has 2 heterocycles. The molecule has 1 atom stereocenters. The first-order chi connectivity index (χ1) is 14.8. The van der Waals surface area contributed by atoms with Gasteiger partial charge in [0.2, 0.25) is 0 Å². The molecule has 2 N–H and O–H groups in total. The normalized spacial score (nSPS) is 16.0. The number of aromatic nitrogens is 1. The molecule has 0 radical (unpaired) electrons.